The first kappa shape index (κ1) is 23.6. The maximum absolute atomic E-state index is 12.9. The van der Waals surface area contributed by atoms with Gasteiger partial charge in [0.25, 0.3) is 0 Å². The molecule has 2 aromatic carbocycles. The van der Waals surface area contributed by atoms with Crippen molar-refractivity contribution in [2.24, 2.45) is 0 Å². The Labute approximate surface area is 191 Å². The largest absolute Gasteiger partial charge is 0.495 e. The Morgan fingerprint density at radius 2 is 1.84 bits per heavy atom. The van der Waals surface area contributed by atoms with E-state index in [4.69, 9.17) is 21.1 Å². The highest BCUT2D eigenvalue weighted by atomic mass is 35.5. The molecule has 32 heavy (non-hydrogen) atoms. The number of hydrogen-bond acceptors (Lipinski definition) is 6. The molecule has 0 unspecified atom stereocenters. The fraction of sp³-hybridized carbons (Fsp3) is 0.273. The van der Waals surface area contributed by atoms with Crippen LogP contribution in [0.4, 0.5) is 5.69 Å². The van der Waals surface area contributed by atoms with Crippen molar-refractivity contribution in [2.75, 3.05) is 31.3 Å². The van der Waals surface area contributed by atoms with E-state index in [-0.39, 0.29) is 30.3 Å². The molecular weight excluding hydrogens is 456 g/mol. The summed E-state index contributed by atoms with van der Waals surface area (Å²) in [6, 6.07) is 11.7. The van der Waals surface area contributed by atoms with Crippen LogP contribution in [0.2, 0.25) is 5.02 Å². The van der Waals surface area contributed by atoms with E-state index in [0.717, 1.165) is 6.26 Å². The predicted octanol–water partition coefficient (Wildman–Crippen LogP) is 3.98. The number of esters is 1. The minimum Gasteiger partial charge on any atom is -0.495 e. The first-order valence-electron chi connectivity index (χ1n) is 9.70. The topological polar surface area (TPSA) is 94.9 Å². The van der Waals surface area contributed by atoms with Crippen molar-refractivity contribution in [3.05, 3.63) is 59.2 Å². The number of carbonyl (C=O) groups excluding carboxylic acids is 2. The van der Waals surface area contributed by atoms with Gasteiger partial charge < -0.3 is 9.47 Å². The zero-order chi connectivity index (χ0) is 23.5. The SMILES string of the molecule is COC(=O)c1cn(C(=O)CCCN(c2ccc(OC)c(Cl)c2)S(C)(=O)=O)c2ccccc12. The summed E-state index contributed by atoms with van der Waals surface area (Å²) in [5.74, 6) is -0.370. The molecular formula is C22H23ClN2O6S. The number of ether oxygens (including phenoxy) is 2. The lowest BCUT2D eigenvalue weighted by molar-refractivity contribution is 0.0603. The first-order chi connectivity index (χ1) is 15.2. The van der Waals surface area contributed by atoms with Crippen LogP contribution in [0.5, 0.6) is 5.75 Å². The van der Waals surface area contributed by atoms with Gasteiger partial charge in [-0.05, 0) is 30.7 Å². The second-order valence-corrected chi connectivity index (χ2v) is 9.39. The molecule has 0 radical (unpaired) electrons. The first-order valence-corrected chi connectivity index (χ1v) is 11.9. The Morgan fingerprint density at radius 3 is 2.47 bits per heavy atom. The Hall–Kier alpha value is -3.04. The summed E-state index contributed by atoms with van der Waals surface area (Å²) in [6.07, 6.45) is 2.87. The summed E-state index contributed by atoms with van der Waals surface area (Å²) < 4.78 is 37.2. The van der Waals surface area contributed by atoms with Gasteiger partial charge in [-0.1, -0.05) is 29.8 Å². The van der Waals surface area contributed by atoms with Gasteiger partial charge in [0.1, 0.15) is 5.75 Å². The number of anilines is 1. The Kier molecular flexibility index (Phi) is 7.10. The number of benzene rings is 2. The highest BCUT2D eigenvalue weighted by molar-refractivity contribution is 7.92. The average molecular weight is 479 g/mol. The highest BCUT2D eigenvalue weighted by Gasteiger charge is 2.21. The van der Waals surface area contributed by atoms with E-state index in [0.29, 0.717) is 27.9 Å². The van der Waals surface area contributed by atoms with Crippen LogP contribution >= 0.6 is 11.6 Å². The lowest BCUT2D eigenvalue weighted by Crippen LogP contribution is -2.31. The molecule has 170 valence electrons. The van der Waals surface area contributed by atoms with Gasteiger partial charge in [-0.25, -0.2) is 13.2 Å². The minimum absolute atomic E-state index is 0.0647. The van der Waals surface area contributed by atoms with Gasteiger partial charge in [0, 0.05) is 24.5 Å². The third kappa shape index (κ3) is 4.89. The van der Waals surface area contributed by atoms with E-state index in [2.05, 4.69) is 0 Å². The van der Waals surface area contributed by atoms with Crippen molar-refractivity contribution in [1.82, 2.24) is 4.57 Å². The summed E-state index contributed by atoms with van der Waals surface area (Å²) in [4.78, 5) is 25.0. The molecule has 0 aliphatic carbocycles. The fourth-order valence-corrected chi connectivity index (χ4v) is 4.66. The number of carbonyl (C=O) groups is 2. The number of para-hydroxylation sites is 1. The van der Waals surface area contributed by atoms with Crippen molar-refractivity contribution in [2.45, 2.75) is 12.8 Å². The summed E-state index contributed by atoms with van der Waals surface area (Å²) in [6.45, 7) is 0.0797. The van der Waals surface area contributed by atoms with E-state index in [1.807, 2.05) is 0 Å². The molecule has 8 nitrogen and oxygen atoms in total. The number of fused-ring (bicyclic) bond motifs is 1. The van der Waals surface area contributed by atoms with Gasteiger partial charge in [-0.3, -0.25) is 13.7 Å². The standard InChI is InChI=1S/C22H23ClN2O6S/c1-30-20-11-10-15(13-18(20)23)25(32(3,28)29)12-6-9-21(26)24-14-17(22(27)31-2)16-7-4-5-8-19(16)24/h4-5,7-8,10-11,13-14H,6,9,12H2,1-3H3. The van der Waals surface area contributed by atoms with Crippen molar-refractivity contribution in [1.29, 1.82) is 0 Å². The van der Waals surface area contributed by atoms with Gasteiger partial charge in [0.15, 0.2) is 0 Å². The zero-order valence-corrected chi connectivity index (χ0v) is 19.4. The molecule has 1 heterocycles. The van der Waals surface area contributed by atoms with E-state index in [1.165, 1.54) is 35.4 Å². The number of sulfonamides is 1. The van der Waals surface area contributed by atoms with Crippen molar-refractivity contribution in [3.8, 4) is 5.75 Å². The minimum atomic E-state index is -3.61. The smallest absolute Gasteiger partial charge is 0.340 e. The van der Waals surface area contributed by atoms with Crippen LogP contribution in [0.3, 0.4) is 0 Å². The van der Waals surface area contributed by atoms with Crippen molar-refractivity contribution in [3.63, 3.8) is 0 Å². The van der Waals surface area contributed by atoms with Gasteiger partial charge in [0.05, 0.1) is 42.3 Å². The van der Waals surface area contributed by atoms with Crippen LogP contribution in [0, 0.1) is 0 Å². The molecule has 0 aliphatic heterocycles. The summed E-state index contributed by atoms with van der Waals surface area (Å²) in [7, 11) is -0.859. The van der Waals surface area contributed by atoms with E-state index < -0.39 is 16.0 Å². The van der Waals surface area contributed by atoms with Gasteiger partial charge in [0.2, 0.25) is 15.9 Å². The highest BCUT2D eigenvalue weighted by Crippen LogP contribution is 2.30. The number of nitrogens with zero attached hydrogens (tertiary/aromatic N) is 2. The molecule has 3 aromatic rings. The molecule has 0 N–H and O–H groups in total. The Bertz CT molecular complexity index is 1270. The van der Waals surface area contributed by atoms with Crippen LogP contribution < -0.4 is 9.04 Å². The van der Waals surface area contributed by atoms with Crippen LogP contribution in [0.15, 0.2) is 48.7 Å². The van der Waals surface area contributed by atoms with E-state index in [1.54, 1.807) is 36.4 Å². The molecule has 1 aromatic heterocycles. The van der Waals surface area contributed by atoms with Crippen LogP contribution in [-0.4, -0.2) is 51.9 Å². The lowest BCUT2D eigenvalue weighted by atomic mass is 10.2. The number of halogens is 1. The molecule has 10 heteroatoms. The molecule has 0 saturated carbocycles. The number of hydrogen-bond donors (Lipinski definition) is 0. The molecule has 0 bridgehead atoms. The Morgan fingerprint density at radius 1 is 1.12 bits per heavy atom. The fourth-order valence-electron chi connectivity index (χ4n) is 3.45. The monoisotopic (exact) mass is 478 g/mol. The number of rotatable bonds is 8. The molecule has 0 aliphatic rings. The molecule has 0 saturated heterocycles. The quantitative estimate of drug-likeness (QED) is 0.454. The molecule has 0 amide bonds. The summed E-state index contributed by atoms with van der Waals surface area (Å²) >= 11 is 6.14. The second-order valence-electron chi connectivity index (χ2n) is 7.07. The van der Waals surface area contributed by atoms with Gasteiger partial charge >= 0.3 is 5.97 Å². The second kappa shape index (κ2) is 9.62. The van der Waals surface area contributed by atoms with E-state index in [9.17, 15) is 18.0 Å². The van der Waals surface area contributed by atoms with Gasteiger partial charge in [-0.15, -0.1) is 0 Å². The molecule has 0 spiro atoms. The zero-order valence-electron chi connectivity index (χ0n) is 17.9. The van der Waals surface area contributed by atoms with Crippen LogP contribution in [0.1, 0.15) is 28.0 Å². The molecule has 0 atom stereocenters. The van der Waals surface area contributed by atoms with Crippen molar-refractivity contribution >= 4 is 50.1 Å². The van der Waals surface area contributed by atoms with Gasteiger partial charge in [-0.2, -0.15) is 0 Å². The Balaban J connectivity index is 1.79. The number of aromatic nitrogens is 1. The third-order valence-electron chi connectivity index (χ3n) is 4.96. The average Bonchev–Trinajstić information content (AvgIpc) is 3.15. The van der Waals surface area contributed by atoms with Crippen LogP contribution in [0.25, 0.3) is 10.9 Å². The maximum atomic E-state index is 12.9. The number of methoxy groups -OCH3 is 2. The summed E-state index contributed by atoms with van der Waals surface area (Å²) in [5.41, 5.74) is 1.26. The summed E-state index contributed by atoms with van der Waals surface area (Å²) in [5, 5.41) is 0.891. The molecule has 0 fully saturated rings. The molecule has 3 rings (SSSR count). The predicted molar refractivity (Wildman–Crippen MR) is 123 cm³/mol. The lowest BCUT2D eigenvalue weighted by Gasteiger charge is -2.23. The normalized spacial score (nSPS) is 11.4. The van der Waals surface area contributed by atoms with Crippen LogP contribution in [-0.2, 0) is 14.8 Å². The third-order valence-corrected chi connectivity index (χ3v) is 6.45. The van der Waals surface area contributed by atoms with E-state index >= 15 is 0 Å². The van der Waals surface area contributed by atoms with Crippen molar-refractivity contribution < 1.29 is 27.5 Å². The maximum Gasteiger partial charge on any atom is 0.340 e.